The Bertz CT molecular complexity index is 680. The van der Waals surface area contributed by atoms with E-state index in [1.807, 2.05) is 48.5 Å². The summed E-state index contributed by atoms with van der Waals surface area (Å²) in [7, 11) is 0. The third-order valence-corrected chi connectivity index (χ3v) is 3.83. The van der Waals surface area contributed by atoms with Gasteiger partial charge in [0.2, 0.25) is 0 Å². The Labute approximate surface area is 121 Å². The molecule has 0 aliphatic rings. The zero-order valence-electron chi connectivity index (χ0n) is 11.1. The van der Waals surface area contributed by atoms with E-state index in [0.717, 1.165) is 28.1 Å². The predicted octanol–water partition coefficient (Wildman–Crippen LogP) is 3.51. The fourth-order valence-corrected chi connectivity index (χ4v) is 2.81. The molecule has 3 rings (SSSR count). The summed E-state index contributed by atoms with van der Waals surface area (Å²) in [5.41, 5.74) is 1.08. The smallest absolute Gasteiger partial charge is 0.197 e. The molecule has 0 unspecified atom stereocenters. The molecule has 0 amide bonds. The van der Waals surface area contributed by atoms with Gasteiger partial charge in [0.25, 0.3) is 0 Å². The number of hydrogen-bond donors (Lipinski definition) is 0. The van der Waals surface area contributed by atoms with Crippen molar-refractivity contribution in [3.8, 4) is 11.4 Å². The van der Waals surface area contributed by atoms with Crippen LogP contribution in [0, 0.1) is 0 Å². The van der Waals surface area contributed by atoms with Gasteiger partial charge in [0.15, 0.2) is 11.0 Å². The van der Waals surface area contributed by atoms with Crippen LogP contribution in [0.3, 0.4) is 0 Å². The maximum atomic E-state index is 4.32. The molecule has 0 radical (unpaired) electrons. The lowest BCUT2D eigenvalue weighted by Crippen LogP contribution is -1.99. The summed E-state index contributed by atoms with van der Waals surface area (Å²) in [6.07, 6.45) is 1.78. The summed E-state index contributed by atoms with van der Waals surface area (Å²) in [6.45, 7) is 2.92. The Morgan fingerprint density at radius 1 is 1.00 bits per heavy atom. The van der Waals surface area contributed by atoms with Crippen LogP contribution < -0.4 is 0 Å². The second-order valence-corrected chi connectivity index (χ2v) is 5.17. The molecule has 20 heavy (non-hydrogen) atoms. The lowest BCUT2D eigenvalue weighted by atomic mass is 10.2. The Balaban J connectivity index is 1.96. The van der Waals surface area contributed by atoms with Crippen LogP contribution >= 0.6 is 11.8 Å². The van der Waals surface area contributed by atoms with Crippen LogP contribution in [0.2, 0.25) is 0 Å². The van der Waals surface area contributed by atoms with E-state index >= 15 is 0 Å². The fourth-order valence-electron chi connectivity index (χ4n) is 1.95. The molecule has 0 fully saturated rings. The molecule has 0 spiro atoms. The molecule has 4 nitrogen and oxygen atoms in total. The highest BCUT2D eigenvalue weighted by Gasteiger charge is 2.13. The summed E-state index contributed by atoms with van der Waals surface area (Å²) < 4.78 is 2.11. The van der Waals surface area contributed by atoms with Crippen LogP contribution in [0.15, 0.2) is 64.9 Å². The van der Waals surface area contributed by atoms with Crippen molar-refractivity contribution in [3.05, 3.63) is 54.7 Å². The van der Waals surface area contributed by atoms with Gasteiger partial charge in [-0.15, -0.1) is 10.2 Å². The minimum absolute atomic E-state index is 0.826. The van der Waals surface area contributed by atoms with Crippen LogP contribution in [-0.4, -0.2) is 19.7 Å². The molecule has 0 atom stereocenters. The van der Waals surface area contributed by atoms with Crippen molar-refractivity contribution < 1.29 is 0 Å². The first-order chi connectivity index (χ1) is 9.88. The monoisotopic (exact) mass is 282 g/mol. The van der Waals surface area contributed by atoms with Gasteiger partial charge in [0.05, 0.1) is 0 Å². The van der Waals surface area contributed by atoms with Gasteiger partial charge in [0.1, 0.15) is 5.03 Å². The number of nitrogens with zero attached hydrogens (tertiary/aromatic N) is 4. The largest absolute Gasteiger partial charge is 0.302 e. The van der Waals surface area contributed by atoms with Crippen molar-refractivity contribution in [2.24, 2.45) is 0 Å². The van der Waals surface area contributed by atoms with E-state index in [1.165, 1.54) is 11.8 Å². The summed E-state index contributed by atoms with van der Waals surface area (Å²) >= 11 is 1.53. The lowest BCUT2D eigenvalue weighted by Gasteiger charge is -2.06. The standard InChI is InChI=1S/C15H14N4S/c1-2-19-14(12-8-4-3-5-9-12)17-18-15(19)20-13-10-6-7-11-16-13/h3-11H,2H2,1H3. The zero-order valence-corrected chi connectivity index (χ0v) is 11.9. The fraction of sp³-hybridized carbons (Fsp3) is 0.133. The van der Waals surface area contributed by atoms with Crippen molar-refractivity contribution in [1.29, 1.82) is 0 Å². The third-order valence-electron chi connectivity index (χ3n) is 2.90. The Kier molecular flexibility index (Phi) is 3.78. The molecule has 0 bridgehead atoms. The van der Waals surface area contributed by atoms with Gasteiger partial charge in [-0.3, -0.25) is 0 Å². The highest BCUT2D eigenvalue weighted by molar-refractivity contribution is 7.99. The molecule has 100 valence electrons. The predicted molar refractivity (Wildman–Crippen MR) is 79.5 cm³/mol. The molecule has 0 aliphatic carbocycles. The Morgan fingerprint density at radius 3 is 2.50 bits per heavy atom. The molecular formula is C15H14N4S. The normalized spacial score (nSPS) is 10.7. The van der Waals surface area contributed by atoms with Crippen molar-refractivity contribution in [2.45, 2.75) is 23.7 Å². The van der Waals surface area contributed by atoms with E-state index in [1.54, 1.807) is 6.20 Å². The number of pyridine rings is 1. The quantitative estimate of drug-likeness (QED) is 0.734. The van der Waals surface area contributed by atoms with Crippen molar-refractivity contribution in [2.75, 3.05) is 0 Å². The van der Waals surface area contributed by atoms with Crippen LogP contribution in [0.1, 0.15) is 6.92 Å². The van der Waals surface area contributed by atoms with Crippen molar-refractivity contribution in [1.82, 2.24) is 19.7 Å². The van der Waals surface area contributed by atoms with Gasteiger partial charge in [-0.2, -0.15) is 0 Å². The SMILES string of the molecule is CCn1c(Sc2ccccn2)nnc1-c1ccccc1. The summed E-state index contributed by atoms with van der Waals surface area (Å²) in [5.74, 6) is 0.895. The molecule has 3 aromatic rings. The molecule has 0 aliphatic heterocycles. The van der Waals surface area contributed by atoms with Crippen LogP contribution in [-0.2, 0) is 6.54 Å². The van der Waals surface area contributed by atoms with Gasteiger partial charge >= 0.3 is 0 Å². The highest BCUT2D eigenvalue weighted by Crippen LogP contribution is 2.27. The van der Waals surface area contributed by atoms with Crippen LogP contribution in [0.25, 0.3) is 11.4 Å². The average Bonchev–Trinajstić information content (AvgIpc) is 2.92. The first-order valence-corrected chi connectivity index (χ1v) is 7.27. The zero-order chi connectivity index (χ0) is 13.8. The van der Waals surface area contributed by atoms with Crippen molar-refractivity contribution >= 4 is 11.8 Å². The van der Waals surface area contributed by atoms with Gasteiger partial charge in [-0.1, -0.05) is 36.4 Å². The number of aromatic nitrogens is 4. The minimum atomic E-state index is 0.826. The summed E-state index contributed by atoms with van der Waals surface area (Å²) in [6, 6.07) is 16.0. The molecule has 2 heterocycles. The average molecular weight is 282 g/mol. The topological polar surface area (TPSA) is 43.6 Å². The van der Waals surface area contributed by atoms with Gasteiger partial charge in [-0.05, 0) is 30.8 Å². The van der Waals surface area contributed by atoms with E-state index in [4.69, 9.17) is 0 Å². The maximum absolute atomic E-state index is 4.32. The molecule has 0 N–H and O–H groups in total. The van der Waals surface area contributed by atoms with Crippen LogP contribution in [0.4, 0.5) is 0 Å². The minimum Gasteiger partial charge on any atom is -0.302 e. The summed E-state index contributed by atoms with van der Waals surface area (Å²) in [5, 5.41) is 10.4. The van der Waals surface area contributed by atoms with E-state index in [2.05, 4.69) is 26.7 Å². The molecule has 5 heteroatoms. The maximum Gasteiger partial charge on any atom is 0.197 e. The second-order valence-electron chi connectivity index (χ2n) is 4.19. The van der Waals surface area contributed by atoms with E-state index < -0.39 is 0 Å². The van der Waals surface area contributed by atoms with Crippen LogP contribution in [0.5, 0.6) is 0 Å². The van der Waals surface area contributed by atoms with E-state index in [-0.39, 0.29) is 0 Å². The van der Waals surface area contributed by atoms with Gasteiger partial charge < -0.3 is 4.57 Å². The van der Waals surface area contributed by atoms with Gasteiger partial charge in [0, 0.05) is 18.3 Å². The molecule has 1 aromatic carbocycles. The highest BCUT2D eigenvalue weighted by atomic mass is 32.2. The number of rotatable bonds is 4. The van der Waals surface area contributed by atoms with Gasteiger partial charge in [-0.25, -0.2) is 4.98 Å². The van der Waals surface area contributed by atoms with Crippen molar-refractivity contribution in [3.63, 3.8) is 0 Å². The molecular weight excluding hydrogens is 268 g/mol. The molecule has 0 saturated carbocycles. The van der Waals surface area contributed by atoms with E-state index in [9.17, 15) is 0 Å². The second kappa shape index (κ2) is 5.88. The Morgan fingerprint density at radius 2 is 1.80 bits per heavy atom. The molecule has 0 saturated heterocycles. The van der Waals surface area contributed by atoms with E-state index in [0.29, 0.717) is 0 Å². The lowest BCUT2D eigenvalue weighted by molar-refractivity contribution is 0.687. The first-order valence-electron chi connectivity index (χ1n) is 6.46. The number of hydrogen-bond acceptors (Lipinski definition) is 4. The molecule has 2 aromatic heterocycles. The first kappa shape index (κ1) is 12.9. The summed E-state index contributed by atoms with van der Waals surface area (Å²) in [4.78, 5) is 4.31. The number of benzene rings is 1. The third kappa shape index (κ3) is 2.58. The Hall–Kier alpha value is -2.14.